The average Bonchev–Trinajstić information content (AvgIpc) is 2.43. The van der Waals surface area contributed by atoms with Crippen molar-refractivity contribution in [3.05, 3.63) is 17.8 Å². The fraction of sp³-hybridized carbons (Fsp3) is 0.625. The summed E-state index contributed by atoms with van der Waals surface area (Å²) in [6.45, 7) is 0.711. The van der Waals surface area contributed by atoms with Crippen LogP contribution in [0.5, 0.6) is 0 Å². The van der Waals surface area contributed by atoms with Crippen LogP contribution in [0.1, 0.15) is 48.9 Å². The third-order valence-corrected chi connectivity index (χ3v) is 5.03. The van der Waals surface area contributed by atoms with Crippen LogP contribution in [0.4, 0.5) is 11.5 Å². The first-order chi connectivity index (χ1) is 10.5. The minimum absolute atomic E-state index is 0.351. The number of hydrogen-bond donors (Lipinski definition) is 4. The highest BCUT2D eigenvalue weighted by atomic mass is 16.3. The van der Waals surface area contributed by atoms with Gasteiger partial charge in [-0.2, -0.15) is 0 Å². The Hall–Kier alpha value is -1.82. The molecule has 0 aromatic carbocycles. The lowest BCUT2D eigenvalue weighted by Gasteiger charge is -2.45. The first-order valence-electron chi connectivity index (χ1n) is 7.97. The van der Waals surface area contributed by atoms with Crippen molar-refractivity contribution in [1.82, 2.24) is 4.98 Å². The van der Waals surface area contributed by atoms with E-state index in [4.69, 9.17) is 11.5 Å². The Labute approximate surface area is 130 Å². The van der Waals surface area contributed by atoms with Crippen LogP contribution in [0.2, 0.25) is 0 Å². The number of hydrogen-bond acceptors (Lipinski definition) is 5. The zero-order valence-electron chi connectivity index (χ0n) is 12.7. The van der Waals surface area contributed by atoms with Crippen molar-refractivity contribution in [3.8, 4) is 0 Å². The van der Waals surface area contributed by atoms with Crippen molar-refractivity contribution in [1.29, 1.82) is 0 Å². The first kappa shape index (κ1) is 15.1. The monoisotopic (exact) mass is 304 g/mol. The number of fused-ring (bicyclic) bond motifs is 2. The summed E-state index contributed by atoms with van der Waals surface area (Å²) in [5.74, 6) is 0.859. The summed E-state index contributed by atoms with van der Waals surface area (Å²) < 4.78 is 0. The highest BCUT2D eigenvalue weighted by molar-refractivity contribution is 5.98. The maximum absolute atomic E-state index is 11.5. The van der Waals surface area contributed by atoms with Crippen molar-refractivity contribution in [2.75, 3.05) is 17.6 Å². The summed E-state index contributed by atoms with van der Waals surface area (Å²) in [7, 11) is 0. The molecule has 6 nitrogen and oxygen atoms in total. The molecular formula is C16H24N4O2. The standard InChI is InChI=1S/C16H24N4O2/c17-14-5-13(12(9-20-14)15(18)21)19-8-11-4-10-2-1-3-16(22,6-10)7-11/h5,9-11,22H,1-4,6-8H2,(H2,18,21)(H3,17,19,20)/t10?,11-,16-/m0/s1. The van der Waals surface area contributed by atoms with Crippen LogP contribution in [-0.2, 0) is 0 Å². The lowest BCUT2D eigenvalue weighted by atomic mass is 9.65. The van der Waals surface area contributed by atoms with E-state index in [9.17, 15) is 9.90 Å². The van der Waals surface area contributed by atoms with E-state index in [1.165, 1.54) is 12.6 Å². The van der Waals surface area contributed by atoms with Crippen molar-refractivity contribution >= 4 is 17.4 Å². The van der Waals surface area contributed by atoms with E-state index in [1.807, 2.05) is 0 Å². The van der Waals surface area contributed by atoms with Crippen LogP contribution in [0, 0.1) is 11.8 Å². The number of anilines is 2. The molecule has 2 fully saturated rings. The van der Waals surface area contributed by atoms with Crippen molar-refractivity contribution < 1.29 is 9.90 Å². The Morgan fingerprint density at radius 3 is 3.05 bits per heavy atom. The van der Waals surface area contributed by atoms with E-state index < -0.39 is 11.5 Å². The summed E-state index contributed by atoms with van der Waals surface area (Å²) in [5.41, 5.74) is 11.5. The number of amides is 1. The Kier molecular flexibility index (Phi) is 3.95. The SMILES string of the molecule is NC(=O)c1cnc(N)cc1NC[C@H]1CC2CCC[C@](O)(C2)C1. The average molecular weight is 304 g/mol. The number of aromatic nitrogens is 1. The number of rotatable bonds is 4. The molecule has 22 heavy (non-hydrogen) atoms. The van der Waals surface area contributed by atoms with E-state index in [1.54, 1.807) is 6.07 Å². The van der Waals surface area contributed by atoms with Gasteiger partial charge in [0.2, 0.25) is 0 Å². The molecule has 2 aliphatic carbocycles. The van der Waals surface area contributed by atoms with Gasteiger partial charge in [-0.05, 0) is 37.5 Å². The third-order valence-electron chi connectivity index (χ3n) is 5.03. The van der Waals surface area contributed by atoms with E-state index in [0.717, 1.165) is 32.1 Å². The van der Waals surface area contributed by atoms with Gasteiger partial charge in [0.05, 0.1) is 16.9 Å². The molecule has 0 aliphatic heterocycles. The number of primary amides is 1. The second kappa shape index (κ2) is 5.76. The van der Waals surface area contributed by atoms with Crippen LogP contribution in [0.15, 0.2) is 12.3 Å². The molecule has 1 aromatic rings. The summed E-state index contributed by atoms with van der Waals surface area (Å²) in [4.78, 5) is 15.4. The number of nitrogens with two attached hydrogens (primary N) is 2. The van der Waals surface area contributed by atoms with E-state index in [2.05, 4.69) is 10.3 Å². The molecule has 6 heteroatoms. The van der Waals surface area contributed by atoms with Gasteiger partial charge in [0.25, 0.3) is 5.91 Å². The molecule has 2 bridgehead atoms. The molecule has 6 N–H and O–H groups in total. The number of pyridine rings is 1. The molecule has 2 saturated carbocycles. The second-order valence-electron chi connectivity index (χ2n) is 6.89. The zero-order valence-corrected chi connectivity index (χ0v) is 12.7. The highest BCUT2D eigenvalue weighted by Gasteiger charge is 2.41. The zero-order chi connectivity index (χ0) is 15.7. The number of nitrogens with one attached hydrogen (secondary N) is 1. The first-order valence-corrected chi connectivity index (χ1v) is 7.97. The van der Waals surface area contributed by atoms with E-state index in [0.29, 0.717) is 35.4 Å². The van der Waals surface area contributed by atoms with Gasteiger partial charge in [-0.1, -0.05) is 12.8 Å². The minimum atomic E-state index is -0.519. The molecule has 2 aliphatic rings. The van der Waals surface area contributed by atoms with Gasteiger partial charge in [-0.15, -0.1) is 0 Å². The molecular weight excluding hydrogens is 280 g/mol. The van der Waals surface area contributed by atoms with Crippen molar-refractivity contribution in [2.45, 2.75) is 44.1 Å². The number of nitrogens with zero attached hydrogens (tertiary/aromatic N) is 1. The van der Waals surface area contributed by atoms with Crippen LogP contribution in [-0.4, -0.2) is 28.1 Å². The van der Waals surface area contributed by atoms with Gasteiger partial charge in [0.15, 0.2) is 0 Å². The lowest BCUT2D eigenvalue weighted by molar-refractivity contribution is -0.0648. The molecule has 1 unspecified atom stereocenters. The van der Waals surface area contributed by atoms with Crippen LogP contribution in [0.25, 0.3) is 0 Å². The molecule has 120 valence electrons. The molecule has 1 amide bonds. The fourth-order valence-corrected chi connectivity index (χ4v) is 4.16. The van der Waals surface area contributed by atoms with E-state index in [-0.39, 0.29) is 0 Å². The molecule has 1 aromatic heterocycles. The van der Waals surface area contributed by atoms with Crippen LogP contribution >= 0.6 is 0 Å². The highest BCUT2D eigenvalue weighted by Crippen LogP contribution is 2.45. The van der Waals surface area contributed by atoms with Gasteiger partial charge in [-0.25, -0.2) is 4.98 Å². The number of carbonyl (C=O) groups is 1. The third kappa shape index (κ3) is 3.16. The molecule has 3 rings (SSSR count). The lowest BCUT2D eigenvalue weighted by Crippen LogP contribution is -2.43. The Bertz CT molecular complexity index is 577. The number of carbonyl (C=O) groups excluding carboxylic acids is 1. The normalized spacial score (nSPS) is 30.8. The van der Waals surface area contributed by atoms with Crippen molar-refractivity contribution in [3.63, 3.8) is 0 Å². The van der Waals surface area contributed by atoms with Gasteiger partial charge in [0, 0.05) is 18.8 Å². The molecule has 3 atom stereocenters. The summed E-state index contributed by atoms with van der Waals surface area (Å²) in [5, 5.41) is 13.9. The molecule has 0 spiro atoms. The summed E-state index contributed by atoms with van der Waals surface area (Å²) >= 11 is 0. The second-order valence-corrected chi connectivity index (χ2v) is 6.89. The Morgan fingerprint density at radius 2 is 2.32 bits per heavy atom. The maximum Gasteiger partial charge on any atom is 0.252 e. The largest absolute Gasteiger partial charge is 0.390 e. The number of aliphatic hydroxyl groups is 1. The van der Waals surface area contributed by atoms with Gasteiger partial charge in [-0.3, -0.25) is 4.79 Å². The predicted molar refractivity (Wildman–Crippen MR) is 85.3 cm³/mol. The molecule has 1 heterocycles. The van der Waals surface area contributed by atoms with Gasteiger partial charge < -0.3 is 21.9 Å². The predicted octanol–water partition coefficient (Wildman–Crippen LogP) is 1.51. The maximum atomic E-state index is 11.5. The quantitative estimate of drug-likeness (QED) is 0.673. The molecule has 0 radical (unpaired) electrons. The van der Waals surface area contributed by atoms with Crippen molar-refractivity contribution in [2.24, 2.45) is 17.6 Å². The smallest absolute Gasteiger partial charge is 0.252 e. The van der Waals surface area contributed by atoms with Crippen LogP contribution in [0.3, 0.4) is 0 Å². The Morgan fingerprint density at radius 1 is 1.50 bits per heavy atom. The van der Waals surface area contributed by atoms with E-state index >= 15 is 0 Å². The van der Waals surface area contributed by atoms with Gasteiger partial charge in [0.1, 0.15) is 5.82 Å². The fourth-order valence-electron chi connectivity index (χ4n) is 4.16. The minimum Gasteiger partial charge on any atom is -0.390 e. The van der Waals surface area contributed by atoms with Gasteiger partial charge >= 0.3 is 0 Å². The topological polar surface area (TPSA) is 114 Å². The summed E-state index contributed by atoms with van der Waals surface area (Å²) in [6.07, 6.45) is 7.56. The number of nitrogen functional groups attached to an aromatic ring is 1. The van der Waals surface area contributed by atoms with Crippen LogP contribution < -0.4 is 16.8 Å². The molecule has 0 saturated heterocycles. The Balaban J connectivity index is 1.68. The summed E-state index contributed by atoms with van der Waals surface area (Å²) in [6, 6.07) is 1.64.